The molecule has 2 heterocycles. The van der Waals surface area contributed by atoms with Gasteiger partial charge in [0.25, 0.3) is 0 Å². The van der Waals surface area contributed by atoms with E-state index < -0.39 is 16.1 Å². The smallest absolute Gasteiger partial charge is 0.342 e. The summed E-state index contributed by atoms with van der Waals surface area (Å²) in [6.45, 7) is 21.1. The number of aromatic nitrogens is 2. The Morgan fingerprint density at radius 3 is 0.739 bits per heavy atom. The minimum absolute atomic E-state index is 0. The van der Waals surface area contributed by atoms with Gasteiger partial charge in [0.05, 0.1) is 0 Å². The molecule has 0 fully saturated rings. The quantitative estimate of drug-likeness (QED) is 0.437. The van der Waals surface area contributed by atoms with Crippen molar-refractivity contribution in [3.8, 4) is 0 Å². The van der Waals surface area contributed by atoms with E-state index >= 15 is 0 Å². The maximum atomic E-state index is 3.91. The van der Waals surface area contributed by atoms with E-state index in [1.807, 2.05) is 36.4 Å². The third-order valence-corrected chi connectivity index (χ3v) is 1.13. The average Bonchev–Trinajstić information content (AvgIpc) is 2.40. The van der Waals surface area contributed by atoms with Crippen LogP contribution in [0.4, 0.5) is 0 Å². The van der Waals surface area contributed by atoms with E-state index in [0.29, 0.717) is 0 Å². The second-order valence-electron chi connectivity index (χ2n) is 7.17. The number of hydrogen-bond acceptors (Lipinski definition) is 2. The minimum atomic E-state index is -0.861. The van der Waals surface area contributed by atoms with Crippen LogP contribution in [0.25, 0.3) is 0 Å². The van der Waals surface area contributed by atoms with Crippen LogP contribution >= 0.6 is 0 Å². The molecule has 0 atom stereocenters. The molecular weight excluding hydrogens is 355 g/mol. The fourth-order valence-corrected chi connectivity index (χ4v) is 0.625. The molecule has 0 aromatic carbocycles. The summed E-state index contributed by atoms with van der Waals surface area (Å²) >= 11 is 0. The second-order valence-corrected chi connectivity index (χ2v) is 17.4. The molecule has 0 amide bonds. The normalized spacial score (nSPS) is 9.39. The molecule has 0 bridgehead atoms. The van der Waals surface area contributed by atoms with Gasteiger partial charge >= 0.3 is 17.1 Å². The maximum Gasteiger partial charge on any atom is 2.00 e. The first kappa shape index (κ1) is 27.1. The Balaban J connectivity index is -0.000000230. The Hall–Kier alpha value is -0.747. The van der Waals surface area contributed by atoms with E-state index in [1.54, 1.807) is 24.8 Å². The van der Waals surface area contributed by atoms with Crippen molar-refractivity contribution in [2.24, 2.45) is 0 Å². The molecule has 2 aromatic rings. The van der Waals surface area contributed by atoms with Crippen LogP contribution in [0.1, 0.15) is 0 Å². The molecule has 1 radical (unpaired) electrons. The van der Waals surface area contributed by atoms with Crippen molar-refractivity contribution in [2.45, 2.75) is 39.3 Å². The van der Waals surface area contributed by atoms with E-state index in [1.165, 1.54) is 0 Å². The molecule has 2 rings (SSSR count). The van der Waals surface area contributed by atoms with E-state index in [4.69, 9.17) is 0 Å². The fraction of sp³-hybridized carbons (Fsp3) is 0.333. The van der Waals surface area contributed by atoms with E-state index in [0.717, 1.165) is 0 Å². The Labute approximate surface area is 156 Å². The summed E-state index contributed by atoms with van der Waals surface area (Å²) in [6, 6.07) is 11.4. The van der Waals surface area contributed by atoms with Gasteiger partial charge in [0, 0.05) is 24.8 Å². The Kier molecular flexibility index (Phi) is 19.0. The van der Waals surface area contributed by atoms with Crippen LogP contribution in [0.5, 0.6) is 0 Å². The van der Waals surface area contributed by atoms with E-state index in [2.05, 4.69) is 62.3 Å². The molecule has 23 heavy (non-hydrogen) atoms. The summed E-state index contributed by atoms with van der Waals surface area (Å²) in [6.07, 6.45) is 7.00. The Morgan fingerprint density at radius 1 is 0.522 bits per heavy atom. The van der Waals surface area contributed by atoms with Crippen LogP contribution in [0.15, 0.2) is 61.2 Å². The van der Waals surface area contributed by atoms with E-state index in [9.17, 15) is 0 Å². The van der Waals surface area contributed by atoms with Crippen molar-refractivity contribution in [3.63, 3.8) is 0 Å². The van der Waals surface area contributed by atoms with Gasteiger partial charge in [-0.3, -0.25) is 9.97 Å². The first-order valence-corrected chi connectivity index (χ1v) is 14.8. The molecule has 5 heteroatoms. The summed E-state index contributed by atoms with van der Waals surface area (Å²) in [5, 5.41) is 0. The van der Waals surface area contributed by atoms with Gasteiger partial charge in [-0.2, -0.15) is 0 Å². The minimum Gasteiger partial charge on any atom is -0.342 e. The van der Waals surface area contributed by atoms with Crippen LogP contribution in [0.2, 0.25) is 39.3 Å². The number of rotatable bonds is 0. The third kappa shape index (κ3) is 62.2. The second kappa shape index (κ2) is 16.1. The molecule has 0 spiro atoms. The zero-order chi connectivity index (χ0) is 17.5. The van der Waals surface area contributed by atoms with Crippen LogP contribution in [-0.2, 0) is 17.1 Å². The Bertz CT molecular complexity index is 317. The van der Waals surface area contributed by atoms with Gasteiger partial charge in [-0.05, 0) is 24.3 Å². The van der Waals surface area contributed by atoms with Gasteiger partial charge in [-0.1, -0.05) is 51.4 Å². The van der Waals surface area contributed by atoms with Crippen LogP contribution < -0.4 is 0 Å². The summed E-state index contributed by atoms with van der Waals surface area (Å²) in [5.74, 6) is 0. The van der Waals surface area contributed by atoms with Crippen molar-refractivity contribution in [1.29, 1.82) is 0 Å². The molecule has 0 aliphatic carbocycles. The van der Waals surface area contributed by atoms with Crippen molar-refractivity contribution in [3.05, 3.63) is 74.3 Å². The molecule has 0 saturated heterocycles. The van der Waals surface area contributed by atoms with Crippen molar-refractivity contribution in [1.82, 2.24) is 9.97 Å². The fourth-order valence-electron chi connectivity index (χ4n) is 0.625. The largest absolute Gasteiger partial charge is 2.00 e. The zero-order valence-electron chi connectivity index (χ0n) is 15.5. The van der Waals surface area contributed by atoms with Gasteiger partial charge in [0.2, 0.25) is 0 Å². The molecular formula is C18H32MnN2Si2. The molecule has 0 saturated carbocycles. The first-order chi connectivity index (χ1) is 10.0. The molecule has 0 aliphatic rings. The van der Waals surface area contributed by atoms with Crippen LogP contribution in [0, 0.1) is 13.1 Å². The van der Waals surface area contributed by atoms with Gasteiger partial charge in [0.15, 0.2) is 0 Å². The molecule has 129 valence electrons. The van der Waals surface area contributed by atoms with Gasteiger partial charge in [0.1, 0.15) is 0 Å². The summed E-state index contributed by atoms with van der Waals surface area (Å²) < 4.78 is 0. The summed E-state index contributed by atoms with van der Waals surface area (Å²) in [4.78, 5) is 7.57. The summed E-state index contributed by atoms with van der Waals surface area (Å²) in [5.41, 5.74) is 0. The predicted octanol–water partition coefficient (Wildman–Crippen LogP) is 5.56. The third-order valence-electron chi connectivity index (χ3n) is 1.13. The molecule has 0 unspecified atom stereocenters. The molecule has 0 N–H and O–H groups in total. The standard InChI is InChI=1S/2C5H5N.2C4H11Si.Mn/c2*1-2-4-6-5-3-1;2*1-5(2,3)4;/h2*1-5H;2*1H2,2-4H3;/q;;2*-1;+2. The van der Waals surface area contributed by atoms with Gasteiger partial charge in [-0.15, -0.1) is 16.1 Å². The monoisotopic (exact) mass is 387 g/mol. The molecule has 2 nitrogen and oxygen atoms in total. The number of hydrogen-bond donors (Lipinski definition) is 0. The van der Waals surface area contributed by atoms with Crippen molar-refractivity contribution < 1.29 is 17.1 Å². The van der Waals surface area contributed by atoms with Gasteiger partial charge < -0.3 is 13.1 Å². The summed E-state index contributed by atoms with van der Waals surface area (Å²) in [7, 11) is -1.72. The first-order valence-electron chi connectivity index (χ1n) is 7.41. The number of nitrogens with zero attached hydrogens (tertiary/aromatic N) is 2. The van der Waals surface area contributed by atoms with Crippen LogP contribution in [0.3, 0.4) is 0 Å². The van der Waals surface area contributed by atoms with Crippen molar-refractivity contribution in [2.75, 3.05) is 0 Å². The van der Waals surface area contributed by atoms with Gasteiger partial charge in [-0.25, -0.2) is 0 Å². The topological polar surface area (TPSA) is 25.8 Å². The van der Waals surface area contributed by atoms with Crippen LogP contribution in [-0.4, -0.2) is 26.1 Å². The zero-order valence-corrected chi connectivity index (χ0v) is 18.6. The van der Waals surface area contributed by atoms with Crippen molar-refractivity contribution >= 4 is 16.1 Å². The molecule has 2 aromatic heterocycles. The Morgan fingerprint density at radius 2 is 0.696 bits per heavy atom. The molecule has 0 aliphatic heterocycles. The SMILES string of the molecule is [CH2-][Si](C)(C)C.[CH2-][Si](C)(C)C.[Mn+2].c1ccncc1.c1ccncc1. The number of pyridine rings is 2. The average molecular weight is 388 g/mol. The predicted molar refractivity (Wildman–Crippen MR) is 106 cm³/mol. The maximum absolute atomic E-state index is 3.91. The van der Waals surface area contributed by atoms with E-state index in [-0.39, 0.29) is 17.1 Å².